The van der Waals surface area contributed by atoms with Crippen LogP contribution in [0.4, 0.5) is 23.1 Å². The topological polar surface area (TPSA) is 106 Å². The van der Waals surface area contributed by atoms with Crippen molar-refractivity contribution in [2.24, 2.45) is 5.92 Å². The lowest BCUT2D eigenvalue weighted by molar-refractivity contribution is -0.143. The minimum Gasteiger partial charge on any atom is -0.481 e. The Kier molecular flexibility index (Phi) is 6.14. The van der Waals surface area contributed by atoms with Crippen LogP contribution in [-0.2, 0) is 11.3 Å². The third-order valence-electron chi connectivity index (χ3n) is 6.21. The fraction of sp³-hybridized carbons (Fsp3) is 0.269. The van der Waals surface area contributed by atoms with Crippen molar-refractivity contribution in [3.63, 3.8) is 0 Å². The number of hydrogen-bond donors (Lipinski definition) is 4. The number of aromatic nitrogens is 3. The minimum absolute atomic E-state index is 0.212. The first-order valence-corrected chi connectivity index (χ1v) is 11.5. The lowest BCUT2D eigenvalue weighted by atomic mass is 9.97. The first-order chi connectivity index (χ1) is 16.5. The Bertz CT molecular complexity index is 1310. The summed E-state index contributed by atoms with van der Waals surface area (Å²) in [4.78, 5) is 25.8. The molecule has 1 aliphatic heterocycles. The van der Waals surface area contributed by atoms with Crippen LogP contribution in [0, 0.1) is 12.8 Å². The first-order valence-electron chi connectivity index (χ1n) is 11.5. The van der Waals surface area contributed by atoms with Gasteiger partial charge in [0, 0.05) is 40.7 Å². The number of carboxylic acid groups (broad SMARTS) is 1. The molecule has 0 saturated carbocycles. The van der Waals surface area contributed by atoms with Crippen molar-refractivity contribution in [3.8, 4) is 0 Å². The number of H-pyrrole nitrogens is 1. The smallest absolute Gasteiger partial charge is 0.306 e. The molecule has 1 saturated heterocycles. The molecule has 0 radical (unpaired) electrons. The second kappa shape index (κ2) is 9.52. The van der Waals surface area contributed by atoms with Gasteiger partial charge in [-0.3, -0.25) is 9.69 Å². The van der Waals surface area contributed by atoms with Crippen molar-refractivity contribution in [3.05, 3.63) is 72.1 Å². The number of anilines is 4. The number of likely N-dealkylation sites (tertiary alicyclic amines) is 1. The Hall–Kier alpha value is -3.91. The van der Waals surface area contributed by atoms with E-state index < -0.39 is 5.97 Å². The highest BCUT2D eigenvalue weighted by Crippen LogP contribution is 2.24. The van der Waals surface area contributed by atoms with Gasteiger partial charge < -0.3 is 20.7 Å². The van der Waals surface area contributed by atoms with Crippen LogP contribution in [0.1, 0.15) is 24.1 Å². The zero-order chi connectivity index (χ0) is 23.5. The summed E-state index contributed by atoms with van der Waals surface area (Å²) in [6, 6.07) is 18.3. The van der Waals surface area contributed by atoms with Crippen LogP contribution in [0.5, 0.6) is 0 Å². The molecule has 3 heterocycles. The number of nitrogens with one attached hydrogen (secondary N) is 3. The average molecular weight is 457 g/mol. The maximum atomic E-state index is 11.2. The molecule has 1 aliphatic rings. The van der Waals surface area contributed by atoms with E-state index >= 15 is 0 Å². The van der Waals surface area contributed by atoms with Crippen LogP contribution in [0.3, 0.4) is 0 Å². The van der Waals surface area contributed by atoms with E-state index in [1.807, 2.05) is 31.2 Å². The lowest BCUT2D eigenvalue weighted by Crippen LogP contribution is -2.35. The summed E-state index contributed by atoms with van der Waals surface area (Å²) in [6.45, 7) is 4.45. The molecule has 2 aromatic heterocycles. The first kappa shape index (κ1) is 21.9. The van der Waals surface area contributed by atoms with Crippen LogP contribution in [-0.4, -0.2) is 44.0 Å². The molecule has 0 bridgehead atoms. The number of aryl methyl sites for hydroxylation is 1. The van der Waals surface area contributed by atoms with Gasteiger partial charge in [0.25, 0.3) is 0 Å². The van der Waals surface area contributed by atoms with E-state index in [4.69, 9.17) is 0 Å². The Morgan fingerprint density at radius 1 is 1.09 bits per heavy atom. The fourth-order valence-corrected chi connectivity index (χ4v) is 4.46. The van der Waals surface area contributed by atoms with E-state index in [1.165, 1.54) is 5.56 Å². The van der Waals surface area contributed by atoms with Gasteiger partial charge in [0.1, 0.15) is 5.82 Å². The van der Waals surface area contributed by atoms with Crippen LogP contribution < -0.4 is 10.6 Å². The molecule has 0 spiro atoms. The summed E-state index contributed by atoms with van der Waals surface area (Å²) in [7, 11) is 0. The van der Waals surface area contributed by atoms with E-state index in [1.54, 1.807) is 6.20 Å². The molecule has 2 aromatic carbocycles. The van der Waals surface area contributed by atoms with Gasteiger partial charge in [-0.05, 0) is 80.9 Å². The quantitative estimate of drug-likeness (QED) is 0.308. The molecule has 0 atom stereocenters. The molecule has 4 aromatic rings. The number of benzene rings is 2. The zero-order valence-corrected chi connectivity index (χ0v) is 19.1. The summed E-state index contributed by atoms with van der Waals surface area (Å²) in [5, 5.41) is 17.0. The van der Waals surface area contributed by atoms with Gasteiger partial charge in [0.05, 0.1) is 5.92 Å². The van der Waals surface area contributed by atoms with E-state index in [-0.39, 0.29) is 5.92 Å². The van der Waals surface area contributed by atoms with Crippen LogP contribution in [0.25, 0.3) is 10.9 Å². The van der Waals surface area contributed by atoms with Crippen molar-refractivity contribution in [2.45, 2.75) is 26.3 Å². The number of rotatable bonds is 7. The van der Waals surface area contributed by atoms with Gasteiger partial charge in [-0.15, -0.1) is 0 Å². The summed E-state index contributed by atoms with van der Waals surface area (Å²) >= 11 is 0. The highest BCUT2D eigenvalue weighted by Gasteiger charge is 2.24. The normalized spacial score (nSPS) is 14.9. The van der Waals surface area contributed by atoms with Crippen LogP contribution in [0.15, 0.2) is 60.8 Å². The second-order valence-corrected chi connectivity index (χ2v) is 8.86. The Morgan fingerprint density at radius 3 is 2.74 bits per heavy atom. The number of piperidine rings is 1. The molecular formula is C26H28N6O2. The third-order valence-corrected chi connectivity index (χ3v) is 6.21. The van der Waals surface area contributed by atoms with E-state index in [2.05, 4.69) is 60.8 Å². The molecule has 8 heteroatoms. The van der Waals surface area contributed by atoms with E-state index in [0.717, 1.165) is 47.6 Å². The predicted octanol–water partition coefficient (Wildman–Crippen LogP) is 5.05. The summed E-state index contributed by atoms with van der Waals surface area (Å²) in [6.07, 6.45) is 3.14. The summed E-state index contributed by atoms with van der Waals surface area (Å²) in [5.74, 6) is 0.337. The number of nitrogens with zero attached hydrogens (tertiary/aromatic N) is 3. The standard InChI is InChI=1S/C26H28N6O2/c1-17-13-20-15-22(5-6-23(20)28-17)29-24-7-10-27-26(31-24)30-21-4-2-3-18(14-21)16-32-11-8-19(9-12-32)25(33)34/h2-7,10,13-15,19,28H,8-9,11-12,16H2,1H3,(H,33,34)(H2,27,29,30,31). The molecule has 4 N–H and O–H groups in total. The maximum Gasteiger partial charge on any atom is 0.306 e. The highest BCUT2D eigenvalue weighted by atomic mass is 16.4. The zero-order valence-electron chi connectivity index (χ0n) is 19.1. The van der Waals surface area contributed by atoms with E-state index in [9.17, 15) is 9.90 Å². The highest BCUT2D eigenvalue weighted by molar-refractivity contribution is 5.84. The third kappa shape index (κ3) is 5.18. The van der Waals surface area contributed by atoms with Gasteiger partial charge in [-0.2, -0.15) is 4.98 Å². The van der Waals surface area contributed by atoms with Crippen molar-refractivity contribution < 1.29 is 9.90 Å². The molecular weight excluding hydrogens is 428 g/mol. The van der Waals surface area contributed by atoms with Crippen LogP contribution in [0.2, 0.25) is 0 Å². The Balaban J connectivity index is 1.23. The maximum absolute atomic E-state index is 11.2. The summed E-state index contributed by atoms with van der Waals surface area (Å²) < 4.78 is 0. The molecule has 1 fully saturated rings. The number of aliphatic carboxylic acids is 1. The largest absolute Gasteiger partial charge is 0.481 e. The SMILES string of the molecule is Cc1cc2cc(Nc3ccnc(Nc4cccc(CN5CCC(C(=O)O)CC5)c4)n3)ccc2[nH]1. The molecule has 174 valence electrons. The Labute approximate surface area is 198 Å². The number of fused-ring (bicyclic) bond motifs is 1. The number of aromatic amines is 1. The predicted molar refractivity (Wildman–Crippen MR) is 134 cm³/mol. The lowest BCUT2D eigenvalue weighted by Gasteiger charge is -2.30. The molecule has 8 nitrogen and oxygen atoms in total. The van der Waals surface area contributed by atoms with Crippen molar-refractivity contribution in [1.29, 1.82) is 0 Å². The fourth-order valence-electron chi connectivity index (χ4n) is 4.46. The van der Waals surface area contributed by atoms with Crippen molar-refractivity contribution in [1.82, 2.24) is 19.9 Å². The molecule has 0 unspecified atom stereocenters. The minimum atomic E-state index is -0.678. The number of carbonyl (C=O) groups is 1. The Morgan fingerprint density at radius 2 is 1.91 bits per heavy atom. The number of carboxylic acids is 1. The van der Waals surface area contributed by atoms with Gasteiger partial charge in [0.15, 0.2) is 0 Å². The average Bonchev–Trinajstić information content (AvgIpc) is 3.19. The van der Waals surface area contributed by atoms with Crippen molar-refractivity contribution >= 4 is 40.0 Å². The monoisotopic (exact) mass is 456 g/mol. The molecule has 5 rings (SSSR count). The van der Waals surface area contributed by atoms with Gasteiger partial charge >= 0.3 is 5.97 Å². The number of hydrogen-bond acceptors (Lipinski definition) is 6. The molecule has 0 aliphatic carbocycles. The van der Waals surface area contributed by atoms with E-state index in [0.29, 0.717) is 24.6 Å². The van der Waals surface area contributed by atoms with Crippen LogP contribution >= 0.6 is 0 Å². The van der Waals surface area contributed by atoms with Crippen molar-refractivity contribution in [2.75, 3.05) is 23.7 Å². The molecule has 34 heavy (non-hydrogen) atoms. The second-order valence-electron chi connectivity index (χ2n) is 8.86. The van der Waals surface area contributed by atoms with Gasteiger partial charge in [0.2, 0.25) is 5.95 Å². The van der Waals surface area contributed by atoms with Gasteiger partial charge in [-0.25, -0.2) is 4.98 Å². The summed E-state index contributed by atoms with van der Waals surface area (Å²) in [5.41, 5.74) is 5.29. The van der Waals surface area contributed by atoms with Gasteiger partial charge in [-0.1, -0.05) is 12.1 Å². The molecule has 0 amide bonds.